The molecule has 0 bridgehead atoms. The van der Waals surface area contributed by atoms with E-state index in [-0.39, 0.29) is 12.3 Å². The fourth-order valence-corrected chi connectivity index (χ4v) is 1.62. The van der Waals surface area contributed by atoms with E-state index in [1.54, 1.807) is 6.92 Å². The topological polar surface area (TPSA) is 122 Å². The zero-order chi connectivity index (χ0) is 15.1. The van der Waals surface area contributed by atoms with Crippen molar-refractivity contribution in [2.45, 2.75) is 25.8 Å². The molecule has 1 aromatic carbocycles. The summed E-state index contributed by atoms with van der Waals surface area (Å²) in [5.41, 5.74) is 5.82. The van der Waals surface area contributed by atoms with Gasteiger partial charge >= 0.3 is 12.0 Å². The number of hydrogen-bond donors (Lipinski definition) is 4. The van der Waals surface area contributed by atoms with Crippen LogP contribution in [0.25, 0.3) is 0 Å². The Hall–Kier alpha value is -2.57. The largest absolute Gasteiger partial charge is 0.481 e. The lowest BCUT2D eigenvalue weighted by molar-refractivity contribution is -0.137. The van der Waals surface area contributed by atoms with Crippen LogP contribution < -0.4 is 16.4 Å². The Morgan fingerprint density at radius 1 is 1.25 bits per heavy atom. The van der Waals surface area contributed by atoms with Crippen LogP contribution in [0.1, 0.15) is 30.1 Å². The second-order valence-corrected chi connectivity index (χ2v) is 4.24. The first kappa shape index (κ1) is 15.5. The van der Waals surface area contributed by atoms with Crippen LogP contribution in [0.2, 0.25) is 0 Å². The lowest BCUT2D eigenvalue weighted by Gasteiger charge is -2.14. The molecule has 1 aromatic rings. The predicted molar refractivity (Wildman–Crippen MR) is 73.4 cm³/mol. The van der Waals surface area contributed by atoms with Crippen molar-refractivity contribution in [1.29, 1.82) is 0 Å². The molecular weight excluding hydrogens is 262 g/mol. The number of nitrogens with one attached hydrogen (secondary N) is 2. The van der Waals surface area contributed by atoms with Crippen molar-refractivity contribution in [2.75, 3.05) is 5.32 Å². The van der Waals surface area contributed by atoms with Gasteiger partial charge in [0, 0.05) is 17.3 Å². The van der Waals surface area contributed by atoms with Crippen molar-refractivity contribution in [1.82, 2.24) is 5.32 Å². The van der Waals surface area contributed by atoms with E-state index in [0.717, 1.165) is 0 Å². The van der Waals surface area contributed by atoms with Crippen molar-refractivity contribution in [2.24, 2.45) is 5.73 Å². The molecular formula is C13H17N3O4. The number of rotatable bonds is 6. The van der Waals surface area contributed by atoms with Crippen LogP contribution in [0.15, 0.2) is 24.3 Å². The number of carboxylic acid groups (broad SMARTS) is 1. The van der Waals surface area contributed by atoms with Gasteiger partial charge in [-0.15, -0.1) is 0 Å². The summed E-state index contributed by atoms with van der Waals surface area (Å²) < 4.78 is 0. The summed E-state index contributed by atoms with van der Waals surface area (Å²) in [6, 6.07) is 5.02. The number of carbonyl (C=O) groups excluding carboxylic acids is 2. The number of amides is 3. The van der Waals surface area contributed by atoms with E-state index in [1.807, 2.05) is 0 Å². The van der Waals surface area contributed by atoms with Gasteiger partial charge in [-0.2, -0.15) is 0 Å². The van der Waals surface area contributed by atoms with Gasteiger partial charge in [-0.25, -0.2) is 4.79 Å². The summed E-state index contributed by atoms with van der Waals surface area (Å²) >= 11 is 0. The molecule has 3 amide bonds. The number of urea groups is 1. The second-order valence-electron chi connectivity index (χ2n) is 4.24. The molecule has 7 nitrogen and oxygen atoms in total. The molecule has 0 aliphatic rings. The Balaban J connectivity index is 2.67. The van der Waals surface area contributed by atoms with Crippen molar-refractivity contribution < 1.29 is 19.5 Å². The summed E-state index contributed by atoms with van der Waals surface area (Å²) in [6.45, 7) is 1.80. The Morgan fingerprint density at radius 2 is 1.85 bits per heavy atom. The normalized spacial score (nSPS) is 11.4. The van der Waals surface area contributed by atoms with Crippen LogP contribution in [-0.4, -0.2) is 29.1 Å². The summed E-state index contributed by atoms with van der Waals surface area (Å²) in [4.78, 5) is 33.2. The third-order valence-corrected chi connectivity index (χ3v) is 2.66. The first-order valence-corrected chi connectivity index (χ1v) is 6.11. The molecule has 0 saturated heterocycles. The number of nitrogens with two attached hydrogens (primary N) is 1. The maximum atomic E-state index is 11.9. The summed E-state index contributed by atoms with van der Waals surface area (Å²) in [5.74, 6) is -1.32. The third kappa shape index (κ3) is 4.97. The van der Waals surface area contributed by atoms with Crippen molar-refractivity contribution in [3.05, 3.63) is 29.8 Å². The molecule has 0 aliphatic carbocycles. The molecule has 0 aromatic heterocycles. The van der Waals surface area contributed by atoms with E-state index < -0.39 is 18.0 Å². The number of aliphatic carboxylic acids is 1. The number of hydrogen-bond acceptors (Lipinski definition) is 3. The Labute approximate surface area is 116 Å². The van der Waals surface area contributed by atoms with Gasteiger partial charge in [0.25, 0.3) is 5.91 Å². The Kier molecular flexibility index (Phi) is 5.52. The molecule has 0 heterocycles. The minimum atomic E-state index is -0.960. The summed E-state index contributed by atoms with van der Waals surface area (Å²) in [6.07, 6.45) is 0.406. The van der Waals surface area contributed by atoms with Crippen LogP contribution in [0.5, 0.6) is 0 Å². The van der Waals surface area contributed by atoms with Crippen molar-refractivity contribution in [3.8, 4) is 0 Å². The molecule has 0 aliphatic heterocycles. The van der Waals surface area contributed by atoms with Crippen LogP contribution in [0, 0.1) is 0 Å². The predicted octanol–water partition coefficient (Wildman–Crippen LogP) is 1.16. The highest BCUT2D eigenvalue weighted by molar-refractivity contribution is 5.95. The average molecular weight is 279 g/mol. The smallest absolute Gasteiger partial charge is 0.316 e. The zero-order valence-electron chi connectivity index (χ0n) is 11.1. The Morgan fingerprint density at radius 3 is 2.30 bits per heavy atom. The fourth-order valence-electron chi connectivity index (χ4n) is 1.62. The van der Waals surface area contributed by atoms with Crippen LogP contribution in [0.4, 0.5) is 10.5 Å². The third-order valence-electron chi connectivity index (χ3n) is 2.66. The molecule has 7 heteroatoms. The second kappa shape index (κ2) is 7.13. The minimum absolute atomic E-state index is 0.121. The molecule has 1 atom stereocenters. The van der Waals surface area contributed by atoms with Gasteiger partial charge < -0.3 is 21.5 Å². The van der Waals surface area contributed by atoms with Gasteiger partial charge in [0.05, 0.1) is 6.42 Å². The number of carbonyl (C=O) groups is 3. The number of carboxylic acids is 1. The van der Waals surface area contributed by atoms with Crippen molar-refractivity contribution in [3.63, 3.8) is 0 Å². The molecule has 1 unspecified atom stereocenters. The van der Waals surface area contributed by atoms with E-state index in [4.69, 9.17) is 10.8 Å². The monoisotopic (exact) mass is 279 g/mol. The SMILES string of the molecule is CCC(CC(=O)O)NC(=O)c1ccc(NC(N)=O)cc1. The zero-order valence-corrected chi connectivity index (χ0v) is 11.1. The first-order chi connectivity index (χ1) is 9.42. The first-order valence-electron chi connectivity index (χ1n) is 6.11. The molecule has 0 radical (unpaired) electrons. The number of anilines is 1. The molecule has 108 valence electrons. The number of primary amides is 1. The maximum absolute atomic E-state index is 11.9. The van der Waals surface area contributed by atoms with Crippen molar-refractivity contribution >= 4 is 23.6 Å². The summed E-state index contributed by atoms with van der Waals surface area (Å²) in [7, 11) is 0. The van der Waals surface area contributed by atoms with E-state index in [0.29, 0.717) is 17.7 Å². The lowest BCUT2D eigenvalue weighted by atomic mass is 10.1. The average Bonchev–Trinajstić information content (AvgIpc) is 2.37. The molecule has 5 N–H and O–H groups in total. The Bertz CT molecular complexity index is 499. The molecule has 0 fully saturated rings. The van der Waals surface area contributed by atoms with Crippen LogP contribution in [0.3, 0.4) is 0 Å². The van der Waals surface area contributed by atoms with E-state index in [2.05, 4.69) is 10.6 Å². The van der Waals surface area contributed by atoms with Gasteiger partial charge in [0.2, 0.25) is 0 Å². The highest BCUT2D eigenvalue weighted by Crippen LogP contribution is 2.10. The standard InChI is InChI=1S/C13H17N3O4/c1-2-9(7-11(17)18)15-12(19)8-3-5-10(6-4-8)16-13(14)20/h3-6,9H,2,7H2,1H3,(H,15,19)(H,17,18)(H3,14,16,20). The van der Waals surface area contributed by atoms with E-state index in [1.165, 1.54) is 24.3 Å². The molecule has 0 saturated carbocycles. The number of benzene rings is 1. The van der Waals surface area contributed by atoms with E-state index >= 15 is 0 Å². The fraction of sp³-hybridized carbons (Fsp3) is 0.308. The van der Waals surface area contributed by atoms with Crippen LogP contribution >= 0.6 is 0 Å². The van der Waals surface area contributed by atoms with Gasteiger partial charge in [0.15, 0.2) is 0 Å². The lowest BCUT2D eigenvalue weighted by Crippen LogP contribution is -2.36. The van der Waals surface area contributed by atoms with Gasteiger partial charge in [-0.3, -0.25) is 9.59 Å². The highest BCUT2D eigenvalue weighted by atomic mass is 16.4. The molecule has 1 rings (SSSR count). The van der Waals surface area contributed by atoms with Gasteiger partial charge in [0.1, 0.15) is 0 Å². The van der Waals surface area contributed by atoms with Gasteiger partial charge in [-0.05, 0) is 30.7 Å². The highest BCUT2D eigenvalue weighted by Gasteiger charge is 2.15. The quantitative estimate of drug-likeness (QED) is 0.624. The van der Waals surface area contributed by atoms with E-state index in [9.17, 15) is 14.4 Å². The molecule has 20 heavy (non-hydrogen) atoms. The van der Waals surface area contributed by atoms with Crippen LogP contribution in [-0.2, 0) is 4.79 Å². The minimum Gasteiger partial charge on any atom is -0.481 e. The van der Waals surface area contributed by atoms with Gasteiger partial charge in [-0.1, -0.05) is 6.92 Å². The summed E-state index contributed by atoms with van der Waals surface area (Å²) in [5, 5.41) is 13.7. The maximum Gasteiger partial charge on any atom is 0.316 e. The molecule has 0 spiro atoms.